The zero-order valence-corrected chi connectivity index (χ0v) is 9.18. The summed E-state index contributed by atoms with van der Waals surface area (Å²) in [4.78, 5) is 4.72. The Balaban J connectivity index is 2.96. The lowest BCUT2D eigenvalue weighted by molar-refractivity contribution is 0.0860. The minimum atomic E-state index is 0.268. The second-order valence-electron chi connectivity index (χ2n) is 2.72. The molecule has 3 nitrogen and oxygen atoms in total. The number of phenolic OH excluding ortho intramolecular Hbond substituents is 1. The number of phenols is 1. The lowest BCUT2D eigenvalue weighted by Gasteiger charge is -2.09. The molecule has 0 aliphatic carbocycles. The number of hydroxylamine groups is 1. The lowest BCUT2D eigenvalue weighted by Crippen LogP contribution is -2.11. The van der Waals surface area contributed by atoms with E-state index in [0.717, 1.165) is 11.1 Å². The largest absolute Gasteiger partial charge is 0.506 e. The van der Waals surface area contributed by atoms with Crippen molar-refractivity contribution in [1.29, 1.82) is 0 Å². The summed E-state index contributed by atoms with van der Waals surface area (Å²) in [5.41, 5.74) is 4.57. The van der Waals surface area contributed by atoms with Gasteiger partial charge in [-0.05, 0) is 34.5 Å². The molecule has 1 aromatic carbocycles. The Morgan fingerprint density at radius 3 is 2.85 bits per heavy atom. The Hall–Kier alpha value is -0.580. The number of hydrogen-bond acceptors (Lipinski definition) is 3. The molecule has 0 aromatic heterocycles. The van der Waals surface area contributed by atoms with Crippen LogP contribution in [0.5, 0.6) is 5.75 Å². The lowest BCUT2D eigenvalue weighted by atomic mass is 10.1. The van der Waals surface area contributed by atoms with Crippen LogP contribution in [0.1, 0.15) is 11.1 Å². The number of aromatic hydroxyl groups is 1. The van der Waals surface area contributed by atoms with E-state index in [1.807, 2.05) is 19.1 Å². The van der Waals surface area contributed by atoms with Crippen LogP contribution in [0, 0.1) is 6.92 Å². The smallest absolute Gasteiger partial charge is 0.134 e. The van der Waals surface area contributed by atoms with E-state index in [2.05, 4.69) is 21.4 Å². The molecule has 0 bridgehead atoms. The van der Waals surface area contributed by atoms with Gasteiger partial charge in [-0.15, -0.1) is 0 Å². The summed E-state index contributed by atoms with van der Waals surface area (Å²) in [6.07, 6.45) is 0. The summed E-state index contributed by atoms with van der Waals surface area (Å²) in [6.45, 7) is 2.44. The highest BCUT2D eigenvalue weighted by Gasteiger charge is 2.07. The fourth-order valence-electron chi connectivity index (χ4n) is 1.08. The standard InChI is InChI=1S/C9H12BrNO2/c1-6-3-4-8(10)9(12)7(6)5-11-13-2/h3-4,11-12H,5H2,1-2H3. The van der Waals surface area contributed by atoms with Gasteiger partial charge in [-0.25, -0.2) is 0 Å². The maximum absolute atomic E-state index is 9.66. The highest BCUT2D eigenvalue weighted by molar-refractivity contribution is 9.10. The van der Waals surface area contributed by atoms with Crippen LogP contribution in [-0.4, -0.2) is 12.2 Å². The second-order valence-corrected chi connectivity index (χ2v) is 3.57. The van der Waals surface area contributed by atoms with Crippen LogP contribution < -0.4 is 5.48 Å². The van der Waals surface area contributed by atoms with Gasteiger partial charge in [0.2, 0.25) is 0 Å². The van der Waals surface area contributed by atoms with Gasteiger partial charge in [-0.2, -0.15) is 5.48 Å². The van der Waals surface area contributed by atoms with Crippen molar-refractivity contribution in [2.75, 3.05) is 7.11 Å². The number of aryl methyl sites for hydroxylation is 1. The SMILES string of the molecule is CONCc1c(C)ccc(Br)c1O. The van der Waals surface area contributed by atoms with Crippen molar-refractivity contribution in [2.45, 2.75) is 13.5 Å². The van der Waals surface area contributed by atoms with Gasteiger partial charge in [-0.3, -0.25) is 0 Å². The summed E-state index contributed by atoms with van der Waals surface area (Å²) >= 11 is 3.25. The Labute approximate surface area is 85.8 Å². The third-order valence-electron chi connectivity index (χ3n) is 1.86. The van der Waals surface area contributed by atoms with Crippen LogP contribution in [0.2, 0.25) is 0 Å². The van der Waals surface area contributed by atoms with Gasteiger partial charge >= 0.3 is 0 Å². The topological polar surface area (TPSA) is 41.5 Å². The minimum absolute atomic E-state index is 0.268. The molecule has 0 atom stereocenters. The number of benzene rings is 1. The Bertz CT molecular complexity index is 302. The monoisotopic (exact) mass is 245 g/mol. The molecule has 72 valence electrons. The molecule has 0 spiro atoms. The fourth-order valence-corrected chi connectivity index (χ4v) is 1.45. The second kappa shape index (κ2) is 4.60. The quantitative estimate of drug-likeness (QED) is 0.802. The molecule has 2 N–H and O–H groups in total. The molecule has 1 aromatic rings. The van der Waals surface area contributed by atoms with E-state index in [-0.39, 0.29) is 5.75 Å². The van der Waals surface area contributed by atoms with Gasteiger partial charge in [0.25, 0.3) is 0 Å². The van der Waals surface area contributed by atoms with Crippen molar-refractivity contribution in [1.82, 2.24) is 5.48 Å². The van der Waals surface area contributed by atoms with E-state index in [4.69, 9.17) is 4.84 Å². The molecular weight excluding hydrogens is 234 g/mol. The molecule has 0 fully saturated rings. The van der Waals surface area contributed by atoms with Crippen molar-refractivity contribution in [3.05, 3.63) is 27.7 Å². The van der Waals surface area contributed by atoms with Crippen LogP contribution in [0.25, 0.3) is 0 Å². The molecule has 13 heavy (non-hydrogen) atoms. The van der Waals surface area contributed by atoms with Gasteiger partial charge in [0.1, 0.15) is 5.75 Å². The van der Waals surface area contributed by atoms with Gasteiger partial charge < -0.3 is 9.94 Å². The fraction of sp³-hybridized carbons (Fsp3) is 0.333. The number of halogens is 1. The van der Waals surface area contributed by atoms with E-state index in [1.165, 1.54) is 0 Å². The van der Waals surface area contributed by atoms with Crippen molar-refractivity contribution >= 4 is 15.9 Å². The molecular formula is C9H12BrNO2. The Morgan fingerprint density at radius 2 is 2.23 bits per heavy atom. The van der Waals surface area contributed by atoms with Gasteiger partial charge in [0, 0.05) is 12.1 Å². The first-order valence-corrected chi connectivity index (χ1v) is 4.69. The molecule has 0 amide bonds. The first-order chi connectivity index (χ1) is 6.16. The average molecular weight is 246 g/mol. The van der Waals surface area contributed by atoms with Crippen LogP contribution in [0.15, 0.2) is 16.6 Å². The predicted octanol–water partition coefficient (Wildman–Crippen LogP) is 2.11. The third-order valence-corrected chi connectivity index (χ3v) is 2.50. The zero-order chi connectivity index (χ0) is 9.84. The Kier molecular flexibility index (Phi) is 3.71. The summed E-state index contributed by atoms with van der Waals surface area (Å²) in [5.74, 6) is 0.268. The summed E-state index contributed by atoms with van der Waals surface area (Å²) in [5, 5.41) is 9.66. The molecule has 0 aliphatic heterocycles. The van der Waals surface area contributed by atoms with Crippen LogP contribution in [-0.2, 0) is 11.4 Å². The van der Waals surface area contributed by atoms with E-state index in [0.29, 0.717) is 11.0 Å². The molecule has 0 unspecified atom stereocenters. The average Bonchev–Trinajstić information content (AvgIpc) is 2.12. The van der Waals surface area contributed by atoms with Crippen LogP contribution in [0.3, 0.4) is 0 Å². The van der Waals surface area contributed by atoms with Crippen LogP contribution >= 0.6 is 15.9 Å². The van der Waals surface area contributed by atoms with Crippen molar-refractivity contribution in [3.8, 4) is 5.75 Å². The maximum Gasteiger partial charge on any atom is 0.134 e. The zero-order valence-electron chi connectivity index (χ0n) is 7.60. The summed E-state index contributed by atoms with van der Waals surface area (Å²) in [7, 11) is 1.55. The molecule has 0 aliphatic rings. The van der Waals surface area contributed by atoms with E-state index in [9.17, 15) is 5.11 Å². The normalized spacial score (nSPS) is 10.4. The first-order valence-electron chi connectivity index (χ1n) is 3.89. The minimum Gasteiger partial charge on any atom is -0.506 e. The van der Waals surface area contributed by atoms with Gasteiger partial charge in [0.05, 0.1) is 11.6 Å². The summed E-state index contributed by atoms with van der Waals surface area (Å²) < 4.78 is 0.700. The third kappa shape index (κ3) is 2.43. The van der Waals surface area contributed by atoms with E-state index in [1.54, 1.807) is 7.11 Å². The van der Waals surface area contributed by atoms with Crippen molar-refractivity contribution < 1.29 is 9.94 Å². The molecule has 4 heteroatoms. The predicted molar refractivity (Wildman–Crippen MR) is 54.4 cm³/mol. The van der Waals surface area contributed by atoms with Crippen molar-refractivity contribution in [2.24, 2.45) is 0 Å². The number of hydrogen-bond donors (Lipinski definition) is 2. The van der Waals surface area contributed by atoms with E-state index >= 15 is 0 Å². The van der Waals surface area contributed by atoms with Crippen LogP contribution in [0.4, 0.5) is 0 Å². The molecule has 1 rings (SSSR count). The summed E-state index contributed by atoms with van der Waals surface area (Å²) in [6, 6.07) is 3.76. The first kappa shape index (κ1) is 10.5. The highest BCUT2D eigenvalue weighted by Crippen LogP contribution is 2.29. The van der Waals surface area contributed by atoms with Crippen molar-refractivity contribution in [3.63, 3.8) is 0 Å². The Morgan fingerprint density at radius 1 is 1.54 bits per heavy atom. The van der Waals surface area contributed by atoms with Gasteiger partial charge in [0.15, 0.2) is 0 Å². The van der Waals surface area contributed by atoms with E-state index < -0.39 is 0 Å². The maximum atomic E-state index is 9.66. The number of nitrogens with one attached hydrogen (secondary N) is 1. The van der Waals surface area contributed by atoms with Gasteiger partial charge in [-0.1, -0.05) is 6.07 Å². The highest BCUT2D eigenvalue weighted by atomic mass is 79.9. The molecule has 0 saturated heterocycles. The number of rotatable bonds is 3. The molecule has 0 heterocycles. The molecule has 0 radical (unpaired) electrons. The molecule has 0 saturated carbocycles.